The lowest BCUT2D eigenvalue weighted by atomic mass is 10.3. The third-order valence-corrected chi connectivity index (χ3v) is 2.28. The third kappa shape index (κ3) is 5.50. The van der Waals surface area contributed by atoms with E-state index in [1.165, 1.54) is 6.92 Å². The number of likely N-dealkylation sites (N-methyl/N-ethyl adjacent to an activating group) is 1. The second kappa shape index (κ2) is 7.87. The molecule has 0 aromatic carbocycles. The van der Waals surface area contributed by atoms with Crippen LogP contribution in [0.25, 0.3) is 0 Å². The van der Waals surface area contributed by atoms with E-state index >= 15 is 0 Å². The molecule has 1 amide bonds. The first kappa shape index (κ1) is 14.6. The molecule has 5 heteroatoms. The zero-order chi connectivity index (χ0) is 12.6. The Labute approximate surface area is 96.1 Å². The molecule has 0 aliphatic heterocycles. The van der Waals surface area contributed by atoms with Gasteiger partial charge in [0.2, 0.25) is 5.91 Å². The Bertz CT molecular complexity index is 270. The van der Waals surface area contributed by atoms with Gasteiger partial charge in [-0.3, -0.25) is 4.79 Å². The molecular formula is C11H20N2O3. The number of rotatable bonds is 7. The van der Waals surface area contributed by atoms with Gasteiger partial charge in [-0.15, -0.1) is 0 Å². The van der Waals surface area contributed by atoms with Gasteiger partial charge in [0.1, 0.15) is 0 Å². The van der Waals surface area contributed by atoms with Crippen molar-refractivity contribution in [2.45, 2.75) is 20.8 Å². The number of aliphatic carboxylic acids is 1. The molecule has 0 rings (SSSR count). The monoisotopic (exact) mass is 228 g/mol. The molecule has 0 aromatic heterocycles. The number of hydrogen-bond acceptors (Lipinski definition) is 3. The van der Waals surface area contributed by atoms with Gasteiger partial charge in [-0.1, -0.05) is 6.08 Å². The van der Waals surface area contributed by atoms with Crippen LogP contribution in [0.15, 0.2) is 11.6 Å². The van der Waals surface area contributed by atoms with Gasteiger partial charge in [0.15, 0.2) is 0 Å². The Hall–Kier alpha value is -1.36. The van der Waals surface area contributed by atoms with E-state index in [1.54, 1.807) is 11.0 Å². The number of carboxylic acids is 1. The summed E-state index contributed by atoms with van der Waals surface area (Å²) < 4.78 is 0. The van der Waals surface area contributed by atoms with Crippen molar-refractivity contribution in [1.29, 1.82) is 0 Å². The molecular weight excluding hydrogens is 208 g/mol. The normalized spacial score (nSPS) is 11.3. The highest BCUT2D eigenvalue weighted by Gasteiger charge is 2.07. The Kier molecular flexibility index (Phi) is 7.20. The molecule has 92 valence electrons. The first-order valence-corrected chi connectivity index (χ1v) is 5.41. The molecule has 0 aromatic rings. The van der Waals surface area contributed by atoms with Crippen molar-refractivity contribution in [3.8, 4) is 0 Å². The summed E-state index contributed by atoms with van der Waals surface area (Å²) in [6, 6.07) is 0. The van der Waals surface area contributed by atoms with E-state index in [0.29, 0.717) is 19.6 Å². The van der Waals surface area contributed by atoms with Gasteiger partial charge in [0.25, 0.3) is 0 Å². The lowest BCUT2D eigenvalue weighted by Crippen LogP contribution is -2.38. The molecule has 0 heterocycles. The smallest absolute Gasteiger partial charge is 0.330 e. The van der Waals surface area contributed by atoms with Gasteiger partial charge in [0, 0.05) is 25.2 Å². The first-order valence-electron chi connectivity index (χ1n) is 5.41. The highest BCUT2D eigenvalue weighted by atomic mass is 16.4. The van der Waals surface area contributed by atoms with Crippen LogP contribution in [0, 0.1) is 0 Å². The van der Waals surface area contributed by atoms with Crippen LogP contribution in [0.1, 0.15) is 20.8 Å². The van der Waals surface area contributed by atoms with Gasteiger partial charge in [-0.25, -0.2) is 4.79 Å². The van der Waals surface area contributed by atoms with Crippen LogP contribution in [0.4, 0.5) is 0 Å². The van der Waals surface area contributed by atoms with Gasteiger partial charge in [-0.2, -0.15) is 0 Å². The zero-order valence-electron chi connectivity index (χ0n) is 10.1. The van der Waals surface area contributed by atoms with Crippen molar-refractivity contribution in [2.24, 2.45) is 0 Å². The highest BCUT2D eigenvalue weighted by Crippen LogP contribution is 1.90. The van der Waals surface area contributed by atoms with E-state index in [2.05, 4.69) is 5.32 Å². The van der Waals surface area contributed by atoms with Crippen molar-refractivity contribution in [1.82, 2.24) is 10.2 Å². The molecule has 5 nitrogen and oxygen atoms in total. The molecule has 0 atom stereocenters. The summed E-state index contributed by atoms with van der Waals surface area (Å²) in [5, 5.41) is 11.5. The fourth-order valence-corrected chi connectivity index (χ4v) is 1.18. The van der Waals surface area contributed by atoms with Crippen LogP contribution in [0.5, 0.6) is 0 Å². The van der Waals surface area contributed by atoms with Crippen LogP contribution in [-0.4, -0.2) is 48.1 Å². The second-order valence-electron chi connectivity index (χ2n) is 3.39. The first-order chi connectivity index (χ1) is 7.52. The van der Waals surface area contributed by atoms with Gasteiger partial charge in [0.05, 0.1) is 6.54 Å². The number of hydrogen-bond donors (Lipinski definition) is 2. The van der Waals surface area contributed by atoms with E-state index in [0.717, 1.165) is 0 Å². The van der Waals surface area contributed by atoms with Crippen molar-refractivity contribution in [3.63, 3.8) is 0 Å². The van der Waals surface area contributed by atoms with E-state index in [1.807, 2.05) is 13.8 Å². The Balaban J connectivity index is 3.87. The lowest BCUT2D eigenvalue weighted by Gasteiger charge is -2.18. The minimum Gasteiger partial charge on any atom is -0.478 e. The summed E-state index contributed by atoms with van der Waals surface area (Å²) in [7, 11) is 0. The average molecular weight is 228 g/mol. The highest BCUT2D eigenvalue weighted by molar-refractivity contribution is 5.85. The minimum absolute atomic E-state index is 0.0337. The minimum atomic E-state index is -0.933. The lowest BCUT2D eigenvalue weighted by molar-refractivity contribution is -0.132. The quantitative estimate of drug-likeness (QED) is 0.491. The Morgan fingerprint density at radius 3 is 2.31 bits per heavy atom. The van der Waals surface area contributed by atoms with E-state index in [4.69, 9.17) is 5.11 Å². The molecule has 16 heavy (non-hydrogen) atoms. The maximum atomic E-state index is 11.5. The van der Waals surface area contributed by atoms with Gasteiger partial charge >= 0.3 is 5.97 Å². The largest absolute Gasteiger partial charge is 0.478 e. The van der Waals surface area contributed by atoms with Gasteiger partial charge < -0.3 is 15.3 Å². The van der Waals surface area contributed by atoms with Crippen LogP contribution >= 0.6 is 0 Å². The fraction of sp³-hybridized carbons (Fsp3) is 0.636. The van der Waals surface area contributed by atoms with Crippen molar-refractivity contribution in [2.75, 3.05) is 26.2 Å². The zero-order valence-corrected chi connectivity index (χ0v) is 10.1. The van der Waals surface area contributed by atoms with Crippen LogP contribution < -0.4 is 5.32 Å². The van der Waals surface area contributed by atoms with E-state index in [9.17, 15) is 9.59 Å². The molecule has 0 saturated carbocycles. The summed E-state index contributed by atoms with van der Waals surface area (Å²) in [6.07, 6.45) is 1.55. The van der Waals surface area contributed by atoms with Crippen molar-refractivity contribution in [3.05, 3.63) is 11.6 Å². The van der Waals surface area contributed by atoms with Crippen LogP contribution in [0.3, 0.4) is 0 Å². The summed E-state index contributed by atoms with van der Waals surface area (Å²) in [5.74, 6) is -0.900. The number of nitrogens with one attached hydrogen (secondary N) is 1. The molecule has 0 radical (unpaired) electrons. The summed E-state index contributed by atoms with van der Waals surface area (Å²) in [4.78, 5) is 23.7. The third-order valence-electron chi connectivity index (χ3n) is 2.28. The fourth-order valence-electron chi connectivity index (χ4n) is 1.18. The molecule has 0 aliphatic rings. The second-order valence-corrected chi connectivity index (χ2v) is 3.39. The number of nitrogens with zero attached hydrogens (tertiary/aromatic N) is 1. The SMILES string of the molecule is CCN(CC)C(=O)CNC/C=C(/C)C(=O)O. The molecule has 2 N–H and O–H groups in total. The predicted molar refractivity (Wildman–Crippen MR) is 62.2 cm³/mol. The maximum absolute atomic E-state index is 11.5. The van der Waals surface area contributed by atoms with Crippen molar-refractivity contribution >= 4 is 11.9 Å². The molecule has 0 spiro atoms. The number of carboxylic acid groups (broad SMARTS) is 1. The molecule has 0 bridgehead atoms. The Morgan fingerprint density at radius 2 is 1.88 bits per heavy atom. The van der Waals surface area contributed by atoms with Crippen LogP contribution in [0.2, 0.25) is 0 Å². The number of carbonyl (C=O) groups is 2. The molecule has 0 fully saturated rings. The molecule has 0 unspecified atom stereocenters. The van der Waals surface area contributed by atoms with E-state index < -0.39 is 5.97 Å². The predicted octanol–water partition coefficient (Wildman–Crippen LogP) is 0.475. The average Bonchev–Trinajstić information content (AvgIpc) is 2.25. The van der Waals surface area contributed by atoms with Crippen molar-refractivity contribution < 1.29 is 14.7 Å². The number of amides is 1. The molecule has 0 saturated heterocycles. The Morgan fingerprint density at radius 1 is 1.31 bits per heavy atom. The molecule has 0 aliphatic carbocycles. The summed E-state index contributed by atoms with van der Waals surface area (Å²) in [5.41, 5.74) is 0.280. The summed E-state index contributed by atoms with van der Waals surface area (Å²) in [6.45, 7) is 7.40. The number of carbonyl (C=O) groups excluding carboxylic acids is 1. The summed E-state index contributed by atoms with van der Waals surface area (Å²) >= 11 is 0. The van der Waals surface area contributed by atoms with Gasteiger partial charge in [-0.05, 0) is 20.8 Å². The van der Waals surface area contributed by atoms with E-state index in [-0.39, 0.29) is 18.0 Å². The standard InChI is InChI=1S/C11H20N2O3/c1-4-13(5-2)10(14)8-12-7-6-9(3)11(15)16/h6,12H,4-5,7-8H2,1-3H3,(H,15,16)/b9-6-. The maximum Gasteiger partial charge on any atom is 0.330 e. The van der Waals surface area contributed by atoms with Crippen LogP contribution in [-0.2, 0) is 9.59 Å². The topological polar surface area (TPSA) is 69.6 Å².